The van der Waals surface area contributed by atoms with Crippen LogP contribution in [0.5, 0.6) is 0 Å². The van der Waals surface area contributed by atoms with Crippen molar-refractivity contribution in [3.63, 3.8) is 0 Å². The third-order valence-corrected chi connectivity index (χ3v) is 7.63. The van der Waals surface area contributed by atoms with Gasteiger partial charge < -0.3 is 25.1 Å². The van der Waals surface area contributed by atoms with E-state index in [1.165, 1.54) is 0 Å². The molecule has 1 unspecified atom stereocenters. The molecule has 0 radical (unpaired) electrons. The van der Waals surface area contributed by atoms with Crippen LogP contribution < -0.4 is 16.0 Å². The fourth-order valence-electron chi connectivity index (χ4n) is 5.10. The van der Waals surface area contributed by atoms with E-state index in [-0.39, 0.29) is 37.3 Å². The van der Waals surface area contributed by atoms with Crippen molar-refractivity contribution < 1.29 is 23.9 Å². The van der Waals surface area contributed by atoms with Crippen molar-refractivity contribution >= 4 is 41.4 Å². The third-order valence-electron chi connectivity index (χ3n) is 7.63. The number of hydrogen-bond donors (Lipinski definition) is 2. The quantitative estimate of drug-likeness (QED) is 0.102. The van der Waals surface area contributed by atoms with E-state index < -0.39 is 12.0 Å². The molecular formula is C34H43N7O5. The molecule has 46 heavy (non-hydrogen) atoms. The lowest BCUT2D eigenvalue weighted by Gasteiger charge is -2.26. The molecule has 0 aliphatic heterocycles. The summed E-state index contributed by atoms with van der Waals surface area (Å²) in [4.78, 5) is 52.3. The fraction of sp³-hybridized carbons (Fsp3) is 0.412. The first-order valence-corrected chi connectivity index (χ1v) is 15.8. The molecule has 2 amide bonds. The van der Waals surface area contributed by atoms with E-state index in [0.29, 0.717) is 31.0 Å². The van der Waals surface area contributed by atoms with Gasteiger partial charge in [0.1, 0.15) is 17.5 Å². The zero-order valence-electron chi connectivity index (χ0n) is 26.8. The number of amides is 2. The highest BCUT2D eigenvalue weighted by molar-refractivity contribution is 6.03. The number of rotatable bonds is 15. The van der Waals surface area contributed by atoms with Crippen LogP contribution in [0.2, 0.25) is 0 Å². The second kappa shape index (κ2) is 16.9. The first kappa shape index (κ1) is 33.9. The number of aromatic nitrogens is 3. The fourth-order valence-corrected chi connectivity index (χ4v) is 5.10. The number of amidine groups is 1. The van der Waals surface area contributed by atoms with Gasteiger partial charge in [0.15, 0.2) is 0 Å². The average molecular weight is 630 g/mol. The molecule has 0 bridgehead atoms. The van der Waals surface area contributed by atoms with Crippen molar-refractivity contribution in [1.29, 1.82) is 0 Å². The van der Waals surface area contributed by atoms with Crippen LogP contribution in [0.4, 0.5) is 16.3 Å². The van der Waals surface area contributed by atoms with Crippen molar-refractivity contribution in [2.45, 2.75) is 58.9 Å². The van der Waals surface area contributed by atoms with E-state index in [9.17, 15) is 14.4 Å². The number of fused-ring (bicyclic) bond motifs is 1. The Morgan fingerprint density at radius 3 is 2.61 bits per heavy atom. The average Bonchev–Trinajstić information content (AvgIpc) is 3.38. The molecule has 3 N–H and O–H groups in total. The number of unbranched alkanes of at least 4 members (excludes halogenated alkanes) is 3. The number of nitrogens with two attached hydrogens (primary N) is 1. The van der Waals surface area contributed by atoms with Crippen LogP contribution in [0.25, 0.3) is 6.08 Å². The molecule has 244 valence electrons. The predicted molar refractivity (Wildman–Crippen MR) is 177 cm³/mol. The minimum atomic E-state index is -0.686. The lowest BCUT2D eigenvalue weighted by Crippen LogP contribution is -2.39. The number of anilines is 2. The topological polar surface area (TPSA) is 154 Å². The Morgan fingerprint density at radius 2 is 1.89 bits per heavy atom. The largest absolute Gasteiger partial charge is 0.466 e. The summed E-state index contributed by atoms with van der Waals surface area (Å²) in [6, 6.07) is 12.6. The second-order valence-electron chi connectivity index (χ2n) is 10.9. The molecule has 0 saturated carbocycles. The first-order chi connectivity index (χ1) is 22.3. The maximum atomic E-state index is 13.7. The molecule has 2 aromatic heterocycles. The van der Waals surface area contributed by atoms with Gasteiger partial charge in [0, 0.05) is 37.5 Å². The highest BCUT2D eigenvalue weighted by Gasteiger charge is 2.30. The minimum absolute atomic E-state index is 0.0728. The van der Waals surface area contributed by atoms with E-state index in [1.54, 1.807) is 42.3 Å². The molecule has 3 aromatic rings. The SMILES string of the molecule is CCCCCCOC(=O)/N=C(/N)c1ccc(NCc2nc3c(n2C)C=CC(C(=O)N(CCC(=O)OCC)c2ccccn2)C3)cc1. The molecular weight excluding hydrogens is 586 g/mol. The number of nitrogens with one attached hydrogen (secondary N) is 1. The van der Waals surface area contributed by atoms with Crippen molar-refractivity contribution in [3.05, 3.63) is 77.5 Å². The van der Waals surface area contributed by atoms with Crippen LogP contribution in [0, 0.1) is 5.92 Å². The number of hydrogen-bond acceptors (Lipinski definition) is 8. The summed E-state index contributed by atoms with van der Waals surface area (Å²) >= 11 is 0. The van der Waals surface area contributed by atoms with Gasteiger partial charge in [-0.15, -0.1) is 0 Å². The van der Waals surface area contributed by atoms with Gasteiger partial charge in [0.25, 0.3) is 0 Å². The summed E-state index contributed by atoms with van der Waals surface area (Å²) in [6.45, 7) is 5.11. The first-order valence-electron chi connectivity index (χ1n) is 15.8. The normalized spacial score (nSPS) is 14.0. The Balaban J connectivity index is 1.35. The van der Waals surface area contributed by atoms with E-state index in [2.05, 4.69) is 22.2 Å². The molecule has 4 rings (SSSR count). The summed E-state index contributed by atoms with van der Waals surface area (Å²) in [5.74, 6) is 0.417. The van der Waals surface area contributed by atoms with Crippen molar-refractivity contribution in [1.82, 2.24) is 14.5 Å². The van der Waals surface area contributed by atoms with Crippen LogP contribution in [0.15, 0.2) is 59.7 Å². The number of ether oxygens (including phenoxy) is 2. The van der Waals surface area contributed by atoms with Crippen LogP contribution in [0.1, 0.15) is 68.7 Å². The molecule has 2 heterocycles. The summed E-state index contributed by atoms with van der Waals surface area (Å²) < 4.78 is 12.2. The Morgan fingerprint density at radius 1 is 1.09 bits per heavy atom. The van der Waals surface area contributed by atoms with Gasteiger partial charge in [-0.1, -0.05) is 38.3 Å². The molecule has 1 aliphatic rings. The Kier molecular flexibility index (Phi) is 12.4. The van der Waals surface area contributed by atoms with Gasteiger partial charge in [-0.05, 0) is 55.8 Å². The van der Waals surface area contributed by atoms with Gasteiger partial charge in [0.2, 0.25) is 5.91 Å². The molecule has 0 saturated heterocycles. The Hall–Kier alpha value is -5.00. The molecule has 12 heteroatoms. The Labute approximate surface area is 269 Å². The predicted octanol–water partition coefficient (Wildman–Crippen LogP) is 5.02. The number of carbonyl (C=O) groups is 3. The van der Waals surface area contributed by atoms with Gasteiger partial charge in [0.05, 0.1) is 43.5 Å². The van der Waals surface area contributed by atoms with Gasteiger partial charge in [-0.3, -0.25) is 14.5 Å². The number of pyridine rings is 1. The van der Waals surface area contributed by atoms with Gasteiger partial charge >= 0.3 is 12.1 Å². The summed E-state index contributed by atoms with van der Waals surface area (Å²) in [5, 5.41) is 3.37. The highest BCUT2D eigenvalue weighted by Crippen LogP contribution is 2.26. The summed E-state index contributed by atoms with van der Waals surface area (Å²) in [5.41, 5.74) is 9.24. The molecule has 1 atom stereocenters. The number of nitrogens with zero attached hydrogens (tertiary/aromatic N) is 5. The van der Waals surface area contributed by atoms with E-state index in [0.717, 1.165) is 48.6 Å². The van der Waals surface area contributed by atoms with Crippen molar-refractivity contribution in [2.75, 3.05) is 30.0 Å². The van der Waals surface area contributed by atoms with E-state index in [4.69, 9.17) is 20.2 Å². The van der Waals surface area contributed by atoms with Crippen LogP contribution >= 0.6 is 0 Å². The molecule has 1 aliphatic carbocycles. The number of carbonyl (C=O) groups excluding carboxylic acids is 3. The third kappa shape index (κ3) is 9.26. The van der Waals surface area contributed by atoms with Crippen molar-refractivity contribution in [3.8, 4) is 0 Å². The molecule has 0 spiro atoms. The van der Waals surface area contributed by atoms with Crippen LogP contribution in [-0.2, 0) is 39.1 Å². The molecule has 0 fully saturated rings. The molecule has 1 aromatic carbocycles. The van der Waals surface area contributed by atoms with E-state index >= 15 is 0 Å². The van der Waals surface area contributed by atoms with Gasteiger partial charge in [-0.2, -0.15) is 4.99 Å². The molecule has 12 nitrogen and oxygen atoms in total. The summed E-state index contributed by atoms with van der Waals surface area (Å²) in [7, 11) is 1.94. The number of imidazole rings is 1. The number of esters is 1. The van der Waals surface area contributed by atoms with Crippen LogP contribution in [0.3, 0.4) is 0 Å². The zero-order valence-corrected chi connectivity index (χ0v) is 26.8. The number of aliphatic imine (C=N–C) groups is 1. The van der Waals surface area contributed by atoms with E-state index in [1.807, 2.05) is 42.0 Å². The summed E-state index contributed by atoms with van der Waals surface area (Å²) in [6.07, 6.45) is 9.29. The smallest absolute Gasteiger partial charge is 0.435 e. The highest BCUT2D eigenvalue weighted by atomic mass is 16.5. The maximum absolute atomic E-state index is 13.7. The monoisotopic (exact) mass is 629 g/mol. The Bertz CT molecular complexity index is 1530. The van der Waals surface area contributed by atoms with Gasteiger partial charge in [-0.25, -0.2) is 14.8 Å². The second-order valence-corrected chi connectivity index (χ2v) is 10.9. The number of benzene rings is 1. The lowest BCUT2D eigenvalue weighted by atomic mass is 9.94. The minimum Gasteiger partial charge on any atom is -0.466 e. The maximum Gasteiger partial charge on any atom is 0.435 e. The van der Waals surface area contributed by atoms with Crippen molar-refractivity contribution in [2.24, 2.45) is 23.7 Å². The lowest BCUT2D eigenvalue weighted by molar-refractivity contribution is -0.142. The zero-order chi connectivity index (χ0) is 32.9. The van der Waals surface area contributed by atoms with Crippen LogP contribution in [-0.4, -0.2) is 58.1 Å². The standard InChI is InChI=1S/C34H43N7O5/c1-4-6-7-10-21-46-34(44)39-32(35)24-12-15-26(16-13-24)37-23-30-38-27-22-25(14-17-28(27)40(30)3)33(43)41(20-18-31(42)45-5-2)29-11-8-9-19-36-29/h8-9,11-17,19,25,37H,4-7,10,18,20-23H2,1-3H3,(H2,35,39,44).